The van der Waals surface area contributed by atoms with Crippen molar-refractivity contribution < 1.29 is 4.79 Å². The minimum Gasteiger partial charge on any atom is -0.301 e. The summed E-state index contributed by atoms with van der Waals surface area (Å²) >= 11 is 0. The Morgan fingerprint density at radius 3 is 2.39 bits per heavy atom. The number of aromatic nitrogens is 3. The highest BCUT2D eigenvalue weighted by Gasteiger charge is 2.11. The van der Waals surface area contributed by atoms with Gasteiger partial charge in [-0.25, -0.2) is 9.97 Å². The fourth-order valence-electron chi connectivity index (χ4n) is 2.70. The molecule has 110 valence electrons. The Bertz CT molecular complexity index is 973. The molecule has 4 heteroatoms. The van der Waals surface area contributed by atoms with Crippen LogP contribution in [0, 0.1) is 0 Å². The van der Waals surface area contributed by atoms with Crippen LogP contribution in [0.1, 0.15) is 10.4 Å². The molecule has 0 saturated heterocycles. The summed E-state index contributed by atoms with van der Waals surface area (Å²) < 4.78 is 2.04. The Hall–Kier alpha value is -3.27. The largest absolute Gasteiger partial charge is 0.301 e. The van der Waals surface area contributed by atoms with E-state index in [4.69, 9.17) is 0 Å². The molecule has 4 rings (SSSR count). The molecule has 4 aromatic rings. The predicted octanol–water partition coefficient (Wildman–Crippen LogP) is 3.90. The summed E-state index contributed by atoms with van der Waals surface area (Å²) in [5.41, 5.74) is 4.40. The molecule has 0 fully saturated rings. The standard InChI is InChI=1S/C19H13N3O/c23-12-14-6-8-15(9-7-14)18-17-10-11-22(19(17)21-13-20-18)16-4-2-1-3-5-16/h1-13H. The SMILES string of the molecule is O=Cc1ccc(-c2ncnc3c2ccn3-c2ccccc2)cc1. The molecule has 0 aliphatic carbocycles. The number of nitrogens with zero attached hydrogens (tertiary/aromatic N) is 3. The van der Waals surface area contributed by atoms with Crippen LogP contribution in [0.2, 0.25) is 0 Å². The van der Waals surface area contributed by atoms with Gasteiger partial charge in [-0.15, -0.1) is 0 Å². The lowest BCUT2D eigenvalue weighted by molar-refractivity contribution is 0.112. The first-order valence-corrected chi connectivity index (χ1v) is 7.30. The molecule has 2 heterocycles. The lowest BCUT2D eigenvalue weighted by atomic mass is 10.1. The van der Waals surface area contributed by atoms with Crippen LogP contribution < -0.4 is 0 Å². The number of benzene rings is 2. The highest BCUT2D eigenvalue weighted by atomic mass is 16.1. The van der Waals surface area contributed by atoms with Gasteiger partial charge in [-0.2, -0.15) is 0 Å². The average molecular weight is 299 g/mol. The first-order valence-electron chi connectivity index (χ1n) is 7.30. The third-order valence-electron chi connectivity index (χ3n) is 3.84. The monoisotopic (exact) mass is 299 g/mol. The van der Waals surface area contributed by atoms with Gasteiger partial charge in [0, 0.05) is 28.4 Å². The summed E-state index contributed by atoms with van der Waals surface area (Å²) in [6.07, 6.45) is 4.41. The molecule has 0 N–H and O–H groups in total. The first-order chi connectivity index (χ1) is 11.4. The maximum Gasteiger partial charge on any atom is 0.150 e. The van der Waals surface area contributed by atoms with Crippen LogP contribution in [0.25, 0.3) is 28.0 Å². The molecule has 0 spiro atoms. The zero-order valence-electron chi connectivity index (χ0n) is 12.3. The summed E-state index contributed by atoms with van der Waals surface area (Å²) in [6, 6.07) is 19.5. The molecule has 0 atom stereocenters. The second-order valence-electron chi connectivity index (χ2n) is 5.22. The topological polar surface area (TPSA) is 47.8 Å². The molecule has 0 saturated carbocycles. The number of hydrogen-bond donors (Lipinski definition) is 0. The summed E-state index contributed by atoms with van der Waals surface area (Å²) in [4.78, 5) is 19.7. The number of hydrogen-bond acceptors (Lipinski definition) is 3. The van der Waals surface area contributed by atoms with Gasteiger partial charge in [0.05, 0.1) is 5.69 Å². The van der Waals surface area contributed by atoms with Crippen molar-refractivity contribution in [2.24, 2.45) is 0 Å². The van der Waals surface area contributed by atoms with Gasteiger partial charge in [0.15, 0.2) is 0 Å². The van der Waals surface area contributed by atoms with E-state index in [2.05, 4.69) is 9.97 Å². The minimum atomic E-state index is 0.654. The predicted molar refractivity (Wildman–Crippen MR) is 89.7 cm³/mol. The lowest BCUT2D eigenvalue weighted by Crippen LogP contribution is -1.95. The fraction of sp³-hybridized carbons (Fsp3) is 0. The van der Waals surface area contributed by atoms with Gasteiger partial charge >= 0.3 is 0 Å². The zero-order valence-corrected chi connectivity index (χ0v) is 12.3. The summed E-state index contributed by atoms with van der Waals surface area (Å²) in [6.45, 7) is 0. The summed E-state index contributed by atoms with van der Waals surface area (Å²) in [7, 11) is 0. The van der Waals surface area contributed by atoms with Gasteiger partial charge in [-0.05, 0) is 18.2 Å². The van der Waals surface area contributed by atoms with Crippen LogP contribution in [0.4, 0.5) is 0 Å². The molecule has 23 heavy (non-hydrogen) atoms. The highest BCUT2D eigenvalue weighted by molar-refractivity contribution is 5.92. The van der Waals surface area contributed by atoms with E-state index in [1.165, 1.54) is 0 Å². The van der Waals surface area contributed by atoms with Crippen molar-refractivity contribution in [1.29, 1.82) is 0 Å². The van der Waals surface area contributed by atoms with Crippen molar-refractivity contribution in [3.63, 3.8) is 0 Å². The van der Waals surface area contributed by atoms with Crippen LogP contribution in [0.15, 0.2) is 73.2 Å². The molecule has 0 aliphatic rings. The van der Waals surface area contributed by atoms with Crippen molar-refractivity contribution in [2.75, 3.05) is 0 Å². The quantitative estimate of drug-likeness (QED) is 0.539. The maximum absolute atomic E-state index is 10.8. The average Bonchev–Trinajstić information content (AvgIpc) is 3.07. The summed E-state index contributed by atoms with van der Waals surface area (Å²) in [5.74, 6) is 0. The zero-order chi connectivity index (χ0) is 15.6. The first kappa shape index (κ1) is 13.4. The third-order valence-corrected chi connectivity index (χ3v) is 3.84. The van der Waals surface area contributed by atoms with E-state index >= 15 is 0 Å². The van der Waals surface area contributed by atoms with E-state index in [0.717, 1.165) is 34.3 Å². The van der Waals surface area contributed by atoms with Crippen molar-refractivity contribution in [3.05, 3.63) is 78.8 Å². The van der Waals surface area contributed by atoms with Crippen molar-refractivity contribution in [3.8, 4) is 16.9 Å². The molecule has 0 amide bonds. The molecule has 0 radical (unpaired) electrons. The molecular weight excluding hydrogens is 286 g/mol. The van der Waals surface area contributed by atoms with Gasteiger partial charge in [0.1, 0.15) is 18.3 Å². The second kappa shape index (κ2) is 5.50. The van der Waals surface area contributed by atoms with Crippen LogP contribution in [-0.4, -0.2) is 20.8 Å². The molecular formula is C19H13N3O. The van der Waals surface area contributed by atoms with Gasteiger partial charge in [-0.1, -0.05) is 42.5 Å². The second-order valence-corrected chi connectivity index (χ2v) is 5.22. The number of rotatable bonds is 3. The van der Waals surface area contributed by atoms with Crippen molar-refractivity contribution >= 4 is 17.3 Å². The van der Waals surface area contributed by atoms with E-state index in [0.29, 0.717) is 5.56 Å². The van der Waals surface area contributed by atoms with Crippen LogP contribution in [0.5, 0.6) is 0 Å². The third kappa shape index (κ3) is 2.30. The highest BCUT2D eigenvalue weighted by Crippen LogP contribution is 2.27. The normalized spacial score (nSPS) is 10.8. The molecule has 0 unspecified atom stereocenters. The number of carbonyl (C=O) groups is 1. The number of para-hydroxylation sites is 1. The molecule has 2 aromatic carbocycles. The van der Waals surface area contributed by atoms with E-state index in [9.17, 15) is 4.79 Å². The lowest BCUT2D eigenvalue weighted by Gasteiger charge is -2.06. The Balaban J connectivity index is 1.89. The Morgan fingerprint density at radius 1 is 0.870 bits per heavy atom. The number of carbonyl (C=O) groups excluding carboxylic acids is 1. The number of fused-ring (bicyclic) bond motifs is 1. The van der Waals surface area contributed by atoms with E-state index in [-0.39, 0.29) is 0 Å². The fourth-order valence-corrected chi connectivity index (χ4v) is 2.70. The van der Waals surface area contributed by atoms with Gasteiger partial charge in [0.25, 0.3) is 0 Å². The van der Waals surface area contributed by atoms with E-state index in [1.807, 2.05) is 59.3 Å². The van der Waals surface area contributed by atoms with Crippen molar-refractivity contribution in [2.45, 2.75) is 0 Å². The Kier molecular flexibility index (Phi) is 3.20. The molecule has 0 aliphatic heterocycles. The van der Waals surface area contributed by atoms with Crippen LogP contribution in [-0.2, 0) is 0 Å². The molecule has 4 nitrogen and oxygen atoms in total. The molecule has 2 aromatic heterocycles. The molecule has 0 bridgehead atoms. The summed E-state index contributed by atoms with van der Waals surface area (Å²) in [5, 5.41) is 0.982. The van der Waals surface area contributed by atoms with Gasteiger partial charge in [-0.3, -0.25) is 4.79 Å². The maximum atomic E-state index is 10.8. The smallest absolute Gasteiger partial charge is 0.150 e. The van der Waals surface area contributed by atoms with Crippen LogP contribution in [0.3, 0.4) is 0 Å². The van der Waals surface area contributed by atoms with Crippen molar-refractivity contribution in [1.82, 2.24) is 14.5 Å². The van der Waals surface area contributed by atoms with Crippen LogP contribution >= 0.6 is 0 Å². The Morgan fingerprint density at radius 2 is 1.65 bits per heavy atom. The van der Waals surface area contributed by atoms with E-state index in [1.54, 1.807) is 18.5 Å². The Labute approximate surface area is 133 Å². The number of aldehydes is 1. The van der Waals surface area contributed by atoms with Gasteiger partial charge < -0.3 is 4.57 Å². The van der Waals surface area contributed by atoms with E-state index < -0.39 is 0 Å². The minimum absolute atomic E-state index is 0.654. The van der Waals surface area contributed by atoms with Gasteiger partial charge in [0.2, 0.25) is 0 Å².